The molecule has 1 aromatic carbocycles. The largest absolute Gasteiger partial charge is 0.472 e. The topological polar surface area (TPSA) is 305 Å². The van der Waals surface area contributed by atoms with Gasteiger partial charge in [0.25, 0.3) is 11.5 Å². The Morgan fingerprint density at radius 3 is 2.27 bits per heavy atom. The van der Waals surface area contributed by atoms with Gasteiger partial charge in [0.2, 0.25) is 11.9 Å². The minimum Gasteiger partial charge on any atom is -0.408 e. The summed E-state index contributed by atoms with van der Waals surface area (Å²) in [6.07, 6.45) is -5.38. The zero-order valence-corrected chi connectivity index (χ0v) is 38.5. The molecule has 0 radical (unpaired) electrons. The lowest BCUT2D eigenvalue weighted by Gasteiger charge is -2.40. The highest BCUT2D eigenvalue weighted by atomic mass is 31.2. The van der Waals surface area contributed by atoms with Crippen LogP contribution in [0.25, 0.3) is 22.3 Å². The number of carbonyl (C=O) groups excluding carboxylic acids is 2. The SMILES string of the molecule is CC(C)C(=O)Nc1nc2c(ncn2C2OC3COP(=O)(O)OC4CC(n5cnc6c(NC(=O)c7ccccc7)ncnc65)OC4COP(=O)(O)OC2C3O[Si](C)(C)C(C)(C)C)c(=O)[nH]1. The van der Waals surface area contributed by atoms with Crippen molar-refractivity contribution in [2.75, 3.05) is 23.8 Å². The predicted molar refractivity (Wildman–Crippen MR) is 227 cm³/mol. The molecule has 4 aromatic heterocycles. The third-order valence-corrected chi connectivity index (χ3v) is 17.9. The first-order valence-electron chi connectivity index (χ1n) is 20.2. The van der Waals surface area contributed by atoms with E-state index in [1.807, 2.05) is 33.9 Å². The number of fused-ring (bicyclic) bond motifs is 5. The Bertz CT molecular complexity index is 2730. The molecule has 3 aliphatic heterocycles. The number of aromatic amines is 1. The highest BCUT2D eigenvalue weighted by molar-refractivity contribution is 7.47. The van der Waals surface area contributed by atoms with Gasteiger partial charge in [-0.15, -0.1) is 0 Å². The number of phosphoric acid groups is 2. The standard InChI is InChI=1S/C37H48N10O14P2Si/c1-19(2)32(48)44-36-43-31-26(34(50)45-36)41-18-47(31)35-28-27(61-64(6,7)37(3,4)5)23(58-35)15-56-62(51,52)59-21-13-24(57-22(21)14-55-63(53,54)60-28)46-17-40-25-29(38-16-39-30(25)46)42-33(49)20-11-9-8-10-12-20/h8-12,16-19,21-24,27-28,35H,13-15H2,1-7H3,(H,51,52)(H,53,54)(H,38,39,42,49)(H2,43,44,45,48,50). The quantitative estimate of drug-likeness (QED) is 0.106. The molecule has 3 saturated heterocycles. The van der Waals surface area contributed by atoms with Gasteiger partial charge in [0, 0.05) is 17.9 Å². The Hall–Kier alpha value is -4.62. The van der Waals surface area contributed by atoms with E-state index >= 15 is 0 Å². The average molecular weight is 947 g/mol. The summed E-state index contributed by atoms with van der Waals surface area (Å²) in [7, 11) is -13.0. The Morgan fingerprint density at radius 1 is 0.891 bits per heavy atom. The van der Waals surface area contributed by atoms with Crippen molar-refractivity contribution in [3.63, 3.8) is 0 Å². The van der Waals surface area contributed by atoms with Gasteiger partial charge in [-0.1, -0.05) is 52.8 Å². The van der Waals surface area contributed by atoms with Crippen LogP contribution in [0.2, 0.25) is 18.1 Å². The van der Waals surface area contributed by atoms with Crippen LogP contribution in [0, 0.1) is 5.92 Å². The number of nitrogens with zero attached hydrogens (tertiary/aromatic N) is 7. The summed E-state index contributed by atoms with van der Waals surface area (Å²) in [5, 5.41) is 4.85. The van der Waals surface area contributed by atoms with Crippen molar-refractivity contribution in [1.82, 2.24) is 39.0 Å². The van der Waals surface area contributed by atoms with Crippen molar-refractivity contribution < 1.29 is 60.5 Å². The van der Waals surface area contributed by atoms with Gasteiger partial charge in [-0.25, -0.2) is 29.1 Å². The molecule has 5 aromatic rings. The van der Waals surface area contributed by atoms with E-state index in [2.05, 4.69) is 40.5 Å². The Balaban J connectivity index is 1.11. The highest BCUT2D eigenvalue weighted by Crippen LogP contribution is 2.55. The van der Waals surface area contributed by atoms with E-state index in [9.17, 15) is 33.3 Å². The molecule has 27 heteroatoms. The van der Waals surface area contributed by atoms with Crippen molar-refractivity contribution in [1.29, 1.82) is 0 Å². The summed E-state index contributed by atoms with van der Waals surface area (Å²) in [5.74, 6) is -1.42. The molecule has 9 atom stereocenters. The van der Waals surface area contributed by atoms with Crippen LogP contribution < -0.4 is 16.2 Å². The van der Waals surface area contributed by atoms with E-state index < -0.39 is 108 Å². The zero-order valence-electron chi connectivity index (χ0n) is 35.7. The van der Waals surface area contributed by atoms with Crippen LogP contribution in [0.3, 0.4) is 0 Å². The molecule has 3 fully saturated rings. The molecule has 5 N–H and O–H groups in total. The van der Waals surface area contributed by atoms with E-state index in [4.69, 9.17) is 32.0 Å². The van der Waals surface area contributed by atoms with Gasteiger partial charge in [0.05, 0.1) is 25.9 Å². The highest BCUT2D eigenvalue weighted by Gasteiger charge is 2.55. The Labute approximate surface area is 365 Å². The van der Waals surface area contributed by atoms with Gasteiger partial charge in [0.15, 0.2) is 42.7 Å². The Morgan fingerprint density at radius 2 is 1.56 bits per heavy atom. The van der Waals surface area contributed by atoms with E-state index in [-0.39, 0.29) is 40.5 Å². The van der Waals surface area contributed by atoms with Crippen LogP contribution in [0.1, 0.15) is 63.9 Å². The van der Waals surface area contributed by atoms with Crippen molar-refractivity contribution in [2.45, 2.75) is 102 Å². The fraction of sp³-hybridized carbons (Fsp3) is 0.514. The number of hydrogen-bond donors (Lipinski definition) is 5. The molecule has 24 nitrogen and oxygen atoms in total. The number of aromatic nitrogens is 8. The van der Waals surface area contributed by atoms with E-state index in [0.29, 0.717) is 5.56 Å². The summed E-state index contributed by atoms with van der Waals surface area (Å²) in [4.78, 5) is 85.3. The van der Waals surface area contributed by atoms with Gasteiger partial charge in [0.1, 0.15) is 43.1 Å². The van der Waals surface area contributed by atoms with Crippen LogP contribution in [0.5, 0.6) is 0 Å². The fourth-order valence-electron chi connectivity index (χ4n) is 7.05. The maximum Gasteiger partial charge on any atom is 0.472 e. The van der Waals surface area contributed by atoms with Crippen molar-refractivity contribution in [3.8, 4) is 0 Å². The Kier molecular flexibility index (Phi) is 12.4. The minimum atomic E-state index is -5.15. The van der Waals surface area contributed by atoms with Crippen LogP contribution in [-0.2, 0) is 45.9 Å². The first kappa shape index (κ1) is 45.9. The van der Waals surface area contributed by atoms with E-state index in [1.54, 1.807) is 44.2 Å². The lowest BCUT2D eigenvalue weighted by molar-refractivity contribution is -0.118. The lowest BCUT2D eigenvalue weighted by Crippen LogP contribution is -2.50. The molecule has 9 unspecified atom stereocenters. The van der Waals surface area contributed by atoms with E-state index in [1.165, 1.54) is 28.1 Å². The maximum atomic E-state index is 14.1. The summed E-state index contributed by atoms with van der Waals surface area (Å²) in [6.45, 7) is 11.7. The fourth-order valence-corrected chi connectivity index (χ4v) is 10.3. The van der Waals surface area contributed by atoms with Crippen molar-refractivity contribution >= 4 is 69.9 Å². The summed E-state index contributed by atoms with van der Waals surface area (Å²) >= 11 is 0. The number of phosphoric ester groups is 2. The summed E-state index contributed by atoms with van der Waals surface area (Å²) in [6, 6.07) is 8.48. The number of rotatable bonds is 8. The lowest BCUT2D eigenvalue weighted by atomic mass is 10.1. The number of anilines is 2. The molecule has 344 valence electrons. The van der Waals surface area contributed by atoms with Gasteiger partial charge in [-0.3, -0.25) is 51.9 Å². The van der Waals surface area contributed by atoms with E-state index in [0.717, 1.165) is 0 Å². The molecule has 0 saturated carbocycles. The second-order valence-electron chi connectivity index (χ2n) is 17.3. The maximum absolute atomic E-state index is 14.1. The third-order valence-electron chi connectivity index (χ3n) is 11.4. The van der Waals surface area contributed by atoms with Gasteiger partial charge in [-0.2, -0.15) is 4.98 Å². The molecule has 8 rings (SSSR count). The number of carbonyl (C=O) groups is 2. The molecule has 7 heterocycles. The van der Waals surface area contributed by atoms with Crippen molar-refractivity contribution in [2.24, 2.45) is 5.92 Å². The number of nitrogens with one attached hydrogen (secondary N) is 3. The number of amides is 2. The molecule has 0 aliphatic carbocycles. The molecule has 0 spiro atoms. The van der Waals surface area contributed by atoms with Gasteiger partial charge < -0.3 is 29.0 Å². The first-order chi connectivity index (χ1) is 30.1. The number of imidazole rings is 2. The van der Waals surface area contributed by atoms with Gasteiger partial charge >= 0.3 is 15.6 Å². The van der Waals surface area contributed by atoms with Crippen LogP contribution in [0.15, 0.2) is 54.1 Å². The zero-order chi connectivity index (χ0) is 45.9. The summed E-state index contributed by atoms with van der Waals surface area (Å²) < 4.78 is 73.0. The number of H-pyrrole nitrogens is 1. The third kappa shape index (κ3) is 9.39. The number of hydrogen-bond acceptors (Lipinski definition) is 17. The monoisotopic (exact) mass is 946 g/mol. The molecule has 3 aliphatic rings. The average Bonchev–Trinajstić information content (AvgIpc) is 4.01. The van der Waals surface area contributed by atoms with Crippen LogP contribution >= 0.6 is 15.6 Å². The number of benzene rings is 1. The molecular weight excluding hydrogens is 898 g/mol. The normalized spacial score (nSPS) is 29.2. The van der Waals surface area contributed by atoms with Crippen molar-refractivity contribution in [3.05, 3.63) is 65.2 Å². The van der Waals surface area contributed by atoms with Crippen LogP contribution in [0.4, 0.5) is 11.8 Å². The summed E-state index contributed by atoms with van der Waals surface area (Å²) in [5.41, 5.74) is -0.155. The van der Waals surface area contributed by atoms with Crippen LogP contribution in [-0.4, -0.2) is 113 Å². The second-order valence-corrected chi connectivity index (χ2v) is 24.8. The molecule has 2 amide bonds. The minimum absolute atomic E-state index is 0.101. The predicted octanol–water partition coefficient (Wildman–Crippen LogP) is 4.40. The molecule has 2 bridgehead atoms. The van der Waals surface area contributed by atoms with Gasteiger partial charge in [-0.05, 0) is 30.3 Å². The first-order valence-corrected chi connectivity index (χ1v) is 26.1. The smallest absolute Gasteiger partial charge is 0.408 e. The molecule has 64 heavy (non-hydrogen) atoms. The second kappa shape index (κ2) is 17.3. The molecular formula is C37H48N10O14P2Si. The number of ether oxygens (including phenoxy) is 2.